The van der Waals surface area contributed by atoms with Gasteiger partial charge in [-0.1, -0.05) is 0 Å². The number of carbonyl (C=O) groups is 1. The van der Waals surface area contributed by atoms with Crippen LogP contribution in [0.1, 0.15) is 19.8 Å². The summed E-state index contributed by atoms with van der Waals surface area (Å²) >= 11 is 0. The lowest BCUT2D eigenvalue weighted by molar-refractivity contribution is -0.142. The summed E-state index contributed by atoms with van der Waals surface area (Å²) in [5.41, 5.74) is 6.89. The first kappa shape index (κ1) is 19.5. The van der Waals surface area contributed by atoms with Gasteiger partial charge in [-0.15, -0.1) is 0 Å². The van der Waals surface area contributed by atoms with E-state index in [9.17, 15) is 4.79 Å². The number of carbonyl (C=O) groups excluding carboxylic acids is 1. The second-order valence-electron chi connectivity index (χ2n) is 7.46. The van der Waals surface area contributed by atoms with Gasteiger partial charge in [0.2, 0.25) is 5.95 Å². The van der Waals surface area contributed by atoms with E-state index in [1.54, 1.807) is 26.4 Å². The van der Waals surface area contributed by atoms with Crippen LogP contribution in [0.3, 0.4) is 0 Å². The van der Waals surface area contributed by atoms with Crippen molar-refractivity contribution in [1.29, 1.82) is 0 Å². The number of nitrogens with two attached hydrogens (primary N) is 1. The fourth-order valence-electron chi connectivity index (χ4n) is 3.92. The Morgan fingerprint density at radius 2 is 1.79 bits per heavy atom. The number of aromatic nitrogens is 2. The topological polar surface area (TPSA) is 103 Å². The Balaban J connectivity index is 1.50. The minimum atomic E-state index is -0.299. The highest BCUT2D eigenvalue weighted by molar-refractivity contribution is 5.91. The van der Waals surface area contributed by atoms with E-state index >= 15 is 0 Å². The number of hydrogen-bond acceptors (Lipinski definition) is 8. The second kappa shape index (κ2) is 7.90. The number of benzene rings is 1. The number of fused-ring (bicyclic) bond motifs is 1. The van der Waals surface area contributed by atoms with Crippen LogP contribution in [0.25, 0.3) is 10.9 Å². The minimum absolute atomic E-state index is 0.0878. The van der Waals surface area contributed by atoms with E-state index in [2.05, 4.69) is 14.9 Å². The molecule has 29 heavy (non-hydrogen) atoms. The molecule has 2 atom stereocenters. The molecular formula is C20H27N5O4. The summed E-state index contributed by atoms with van der Waals surface area (Å²) in [6.07, 6.45) is 1.60. The Hall–Kier alpha value is -2.81. The maximum atomic E-state index is 12.7. The van der Waals surface area contributed by atoms with E-state index in [0.717, 1.165) is 12.8 Å². The van der Waals surface area contributed by atoms with Gasteiger partial charge in [0, 0.05) is 37.6 Å². The van der Waals surface area contributed by atoms with Crippen LogP contribution in [0, 0.1) is 0 Å². The fraction of sp³-hybridized carbons (Fsp3) is 0.550. The summed E-state index contributed by atoms with van der Waals surface area (Å²) < 4.78 is 16.4. The zero-order valence-electron chi connectivity index (χ0n) is 17.1. The molecule has 2 saturated heterocycles. The van der Waals surface area contributed by atoms with Crippen molar-refractivity contribution in [3.05, 3.63) is 12.1 Å². The number of piperazine rings is 1. The van der Waals surface area contributed by atoms with Crippen LogP contribution in [0.5, 0.6) is 11.5 Å². The molecule has 2 N–H and O–H groups in total. The Morgan fingerprint density at radius 3 is 2.41 bits per heavy atom. The SMILES string of the molecule is COc1cc2nc(N3CCN(C(=O)C4CC[C@H](C)O4)CC3)nc(N)c2cc1OC. The van der Waals surface area contributed by atoms with Gasteiger partial charge in [-0.05, 0) is 25.8 Å². The first-order chi connectivity index (χ1) is 14.0. The summed E-state index contributed by atoms with van der Waals surface area (Å²) in [5.74, 6) is 2.20. The summed E-state index contributed by atoms with van der Waals surface area (Å²) in [6, 6.07) is 3.58. The fourth-order valence-corrected chi connectivity index (χ4v) is 3.92. The highest BCUT2D eigenvalue weighted by Gasteiger charge is 2.33. The van der Waals surface area contributed by atoms with Crippen molar-refractivity contribution in [3.8, 4) is 11.5 Å². The van der Waals surface area contributed by atoms with Crippen LogP contribution >= 0.6 is 0 Å². The van der Waals surface area contributed by atoms with Gasteiger partial charge in [0.1, 0.15) is 11.9 Å². The summed E-state index contributed by atoms with van der Waals surface area (Å²) in [6.45, 7) is 4.52. The highest BCUT2D eigenvalue weighted by Crippen LogP contribution is 2.34. The Kier molecular flexibility index (Phi) is 5.31. The molecule has 1 amide bonds. The third-order valence-corrected chi connectivity index (χ3v) is 5.60. The number of nitrogen functional groups attached to an aromatic ring is 1. The lowest BCUT2D eigenvalue weighted by Crippen LogP contribution is -2.52. The molecule has 0 aliphatic carbocycles. The average molecular weight is 401 g/mol. The van der Waals surface area contributed by atoms with Crippen LogP contribution in [0.4, 0.5) is 11.8 Å². The summed E-state index contributed by atoms with van der Waals surface area (Å²) in [4.78, 5) is 25.7. The molecule has 3 heterocycles. The van der Waals surface area contributed by atoms with Gasteiger partial charge < -0.3 is 29.7 Å². The number of nitrogens with zero attached hydrogens (tertiary/aromatic N) is 4. The molecule has 4 rings (SSSR count). The maximum absolute atomic E-state index is 12.7. The molecule has 156 valence electrons. The molecule has 9 nitrogen and oxygen atoms in total. The summed E-state index contributed by atoms with van der Waals surface area (Å²) in [5, 5.41) is 0.715. The predicted molar refractivity (Wildman–Crippen MR) is 109 cm³/mol. The first-order valence-corrected chi connectivity index (χ1v) is 9.88. The van der Waals surface area contributed by atoms with Crippen LogP contribution in [0.2, 0.25) is 0 Å². The lowest BCUT2D eigenvalue weighted by atomic mass is 10.1. The number of anilines is 2. The zero-order valence-corrected chi connectivity index (χ0v) is 17.1. The van der Waals surface area contributed by atoms with Crippen molar-refractivity contribution >= 4 is 28.6 Å². The Morgan fingerprint density at radius 1 is 1.10 bits per heavy atom. The first-order valence-electron chi connectivity index (χ1n) is 9.88. The van der Waals surface area contributed by atoms with E-state index in [0.29, 0.717) is 60.3 Å². The molecule has 0 saturated carbocycles. The van der Waals surface area contributed by atoms with Gasteiger partial charge in [-0.3, -0.25) is 4.79 Å². The van der Waals surface area contributed by atoms with Crippen molar-refractivity contribution in [2.75, 3.05) is 51.0 Å². The van der Waals surface area contributed by atoms with Crippen molar-refractivity contribution in [1.82, 2.24) is 14.9 Å². The molecule has 2 aliphatic rings. The van der Waals surface area contributed by atoms with E-state index in [-0.39, 0.29) is 18.1 Å². The number of rotatable bonds is 4. The minimum Gasteiger partial charge on any atom is -0.493 e. The van der Waals surface area contributed by atoms with E-state index in [1.807, 2.05) is 11.8 Å². The average Bonchev–Trinajstić information content (AvgIpc) is 3.18. The van der Waals surface area contributed by atoms with Crippen LogP contribution in [-0.2, 0) is 9.53 Å². The largest absolute Gasteiger partial charge is 0.493 e. The molecule has 1 aromatic heterocycles. The van der Waals surface area contributed by atoms with Gasteiger partial charge >= 0.3 is 0 Å². The number of amides is 1. The van der Waals surface area contributed by atoms with Crippen molar-refractivity contribution in [2.45, 2.75) is 32.0 Å². The second-order valence-corrected chi connectivity index (χ2v) is 7.46. The maximum Gasteiger partial charge on any atom is 0.251 e. The molecule has 9 heteroatoms. The molecule has 2 aromatic rings. The quantitative estimate of drug-likeness (QED) is 0.821. The van der Waals surface area contributed by atoms with Crippen LogP contribution < -0.4 is 20.1 Å². The van der Waals surface area contributed by atoms with E-state index in [1.165, 1.54) is 0 Å². The van der Waals surface area contributed by atoms with Crippen molar-refractivity contribution in [2.24, 2.45) is 0 Å². The summed E-state index contributed by atoms with van der Waals surface area (Å²) in [7, 11) is 3.16. The van der Waals surface area contributed by atoms with Gasteiger partial charge in [-0.25, -0.2) is 4.98 Å². The standard InChI is InChI=1S/C20H27N5O4/c1-12-4-5-15(29-12)19(26)24-6-8-25(9-7-24)20-22-14-11-17(28-3)16(27-2)10-13(14)18(21)23-20/h10-12,15H,4-9H2,1-3H3,(H2,21,22,23)/t12-,15?/m0/s1. The third-order valence-electron chi connectivity index (χ3n) is 5.60. The van der Waals surface area contributed by atoms with Gasteiger partial charge in [0.05, 0.1) is 25.8 Å². The monoisotopic (exact) mass is 401 g/mol. The molecule has 0 bridgehead atoms. The molecule has 2 fully saturated rings. The number of ether oxygens (including phenoxy) is 3. The zero-order chi connectivity index (χ0) is 20.5. The van der Waals surface area contributed by atoms with Gasteiger partial charge in [0.25, 0.3) is 5.91 Å². The smallest absolute Gasteiger partial charge is 0.251 e. The van der Waals surface area contributed by atoms with Crippen LogP contribution in [0.15, 0.2) is 12.1 Å². The van der Waals surface area contributed by atoms with Crippen molar-refractivity contribution in [3.63, 3.8) is 0 Å². The predicted octanol–water partition coefficient (Wildman–Crippen LogP) is 1.45. The van der Waals surface area contributed by atoms with Crippen molar-refractivity contribution < 1.29 is 19.0 Å². The van der Waals surface area contributed by atoms with Gasteiger partial charge in [-0.2, -0.15) is 4.98 Å². The molecular weight excluding hydrogens is 374 g/mol. The van der Waals surface area contributed by atoms with Gasteiger partial charge in [0.15, 0.2) is 11.5 Å². The van der Waals surface area contributed by atoms with E-state index < -0.39 is 0 Å². The Labute approximate surface area is 169 Å². The number of hydrogen-bond donors (Lipinski definition) is 1. The molecule has 1 aromatic carbocycles. The number of methoxy groups -OCH3 is 2. The molecule has 2 aliphatic heterocycles. The third kappa shape index (κ3) is 3.74. The normalized spacial score (nSPS) is 22.2. The molecule has 0 radical (unpaired) electrons. The molecule has 1 unspecified atom stereocenters. The van der Waals surface area contributed by atoms with E-state index in [4.69, 9.17) is 19.9 Å². The van der Waals surface area contributed by atoms with Crippen LogP contribution in [-0.4, -0.2) is 73.4 Å². The lowest BCUT2D eigenvalue weighted by Gasteiger charge is -2.35. The Bertz CT molecular complexity index is 913. The molecule has 0 spiro atoms. The highest BCUT2D eigenvalue weighted by atomic mass is 16.5.